The summed E-state index contributed by atoms with van der Waals surface area (Å²) in [5.74, 6) is 0.343. The smallest absolute Gasteiger partial charge is 0.132 e. The Balaban J connectivity index is 0.000000226. The van der Waals surface area contributed by atoms with Gasteiger partial charge in [-0.2, -0.15) is 0 Å². The zero-order chi connectivity index (χ0) is 10.1. The number of aromatic nitrogens is 1. The Morgan fingerprint density at radius 3 is 2.23 bits per heavy atom. The molecule has 0 fully saturated rings. The molecule has 3 nitrogen and oxygen atoms in total. The molecule has 0 amide bonds. The van der Waals surface area contributed by atoms with E-state index in [2.05, 4.69) is 4.98 Å². The number of nitrogens with two attached hydrogens (primary N) is 1. The lowest BCUT2D eigenvalue weighted by Crippen LogP contribution is -1.88. The van der Waals surface area contributed by atoms with E-state index >= 15 is 0 Å². The van der Waals surface area contributed by atoms with Crippen LogP contribution in [0.1, 0.15) is 26.7 Å². The van der Waals surface area contributed by atoms with E-state index in [1.54, 1.807) is 24.5 Å². The van der Waals surface area contributed by atoms with E-state index in [9.17, 15) is 4.79 Å². The summed E-state index contributed by atoms with van der Waals surface area (Å²) >= 11 is 0. The van der Waals surface area contributed by atoms with Gasteiger partial charge in [-0.25, -0.2) is 0 Å². The average Bonchev–Trinajstić information content (AvgIpc) is 2.19. The third kappa shape index (κ3) is 7.00. The Bertz CT molecular complexity index is 228. The maximum absolute atomic E-state index is 10.2. The molecule has 1 aromatic heterocycles. The zero-order valence-electron chi connectivity index (χ0n) is 8.16. The summed E-state index contributed by atoms with van der Waals surface area (Å²) in [4.78, 5) is 13.9. The molecule has 0 aliphatic heterocycles. The van der Waals surface area contributed by atoms with Crippen molar-refractivity contribution in [3.63, 3.8) is 0 Å². The quantitative estimate of drug-likeness (QED) is 0.757. The Kier molecular flexibility index (Phi) is 6.51. The highest BCUT2D eigenvalue weighted by Gasteiger charge is 1.86. The molecule has 0 atom stereocenters. The Labute approximate surface area is 79.0 Å². The summed E-state index contributed by atoms with van der Waals surface area (Å²) in [6, 6.07) is 3.60. The van der Waals surface area contributed by atoms with Crippen LogP contribution in [0.2, 0.25) is 0 Å². The Morgan fingerprint density at radius 2 is 2.08 bits per heavy atom. The van der Waals surface area contributed by atoms with Crippen LogP contribution in [0, 0.1) is 0 Å². The lowest BCUT2D eigenvalue weighted by molar-refractivity contribution is -0.118. The SMILES string of the molecule is CCC(=O)CC.Nc1cccnc1. The van der Waals surface area contributed by atoms with Gasteiger partial charge in [0, 0.05) is 25.2 Å². The lowest BCUT2D eigenvalue weighted by atomic mass is 10.3. The van der Waals surface area contributed by atoms with E-state index in [0.717, 1.165) is 0 Å². The maximum Gasteiger partial charge on any atom is 0.132 e. The summed E-state index contributed by atoms with van der Waals surface area (Å²) < 4.78 is 0. The molecule has 0 bridgehead atoms. The van der Waals surface area contributed by atoms with Gasteiger partial charge in [-0.3, -0.25) is 9.78 Å². The van der Waals surface area contributed by atoms with Crippen LogP contribution in [0.15, 0.2) is 24.5 Å². The van der Waals surface area contributed by atoms with E-state index in [0.29, 0.717) is 24.3 Å². The van der Waals surface area contributed by atoms with Gasteiger partial charge in [-0.15, -0.1) is 0 Å². The number of rotatable bonds is 2. The van der Waals surface area contributed by atoms with Crippen LogP contribution in [0.3, 0.4) is 0 Å². The van der Waals surface area contributed by atoms with Crippen molar-refractivity contribution in [3.8, 4) is 0 Å². The summed E-state index contributed by atoms with van der Waals surface area (Å²) in [5, 5.41) is 0. The minimum atomic E-state index is 0.343. The summed E-state index contributed by atoms with van der Waals surface area (Å²) in [5.41, 5.74) is 6.01. The van der Waals surface area contributed by atoms with E-state index in [1.165, 1.54) is 0 Å². The van der Waals surface area contributed by atoms with Crippen molar-refractivity contribution in [1.82, 2.24) is 4.98 Å². The minimum absolute atomic E-state index is 0.343. The molecule has 1 rings (SSSR count). The van der Waals surface area contributed by atoms with Gasteiger partial charge in [0.15, 0.2) is 0 Å². The van der Waals surface area contributed by atoms with Gasteiger partial charge in [0.1, 0.15) is 5.78 Å². The number of nitrogens with zero attached hydrogens (tertiary/aromatic N) is 1. The molecule has 0 radical (unpaired) electrons. The molecule has 0 saturated heterocycles. The summed E-state index contributed by atoms with van der Waals surface area (Å²) in [6.45, 7) is 3.76. The average molecular weight is 180 g/mol. The molecule has 0 spiro atoms. The fourth-order valence-electron chi connectivity index (χ4n) is 0.626. The Morgan fingerprint density at radius 1 is 1.46 bits per heavy atom. The van der Waals surface area contributed by atoms with Gasteiger partial charge in [-0.05, 0) is 12.1 Å². The number of hydrogen-bond acceptors (Lipinski definition) is 3. The van der Waals surface area contributed by atoms with Gasteiger partial charge in [0.25, 0.3) is 0 Å². The normalized spacial score (nSPS) is 8.46. The van der Waals surface area contributed by atoms with Crippen LogP contribution in [-0.2, 0) is 4.79 Å². The molecule has 72 valence electrons. The fraction of sp³-hybridized carbons (Fsp3) is 0.400. The first-order chi connectivity index (χ1) is 6.20. The molecule has 0 aliphatic rings. The molecule has 0 saturated carbocycles. The number of anilines is 1. The fourth-order valence-corrected chi connectivity index (χ4v) is 0.626. The number of nitrogen functional groups attached to an aromatic ring is 1. The first-order valence-corrected chi connectivity index (χ1v) is 4.37. The van der Waals surface area contributed by atoms with Crippen molar-refractivity contribution in [3.05, 3.63) is 24.5 Å². The van der Waals surface area contributed by atoms with E-state index in [4.69, 9.17) is 5.73 Å². The highest BCUT2D eigenvalue weighted by molar-refractivity contribution is 5.77. The van der Waals surface area contributed by atoms with Gasteiger partial charge in [0.2, 0.25) is 0 Å². The number of carbonyl (C=O) groups excluding carboxylic acids is 1. The second kappa shape index (κ2) is 7.28. The van der Waals surface area contributed by atoms with Crippen molar-refractivity contribution in [2.75, 3.05) is 5.73 Å². The lowest BCUT2D eigenvalue weighted by Gasteiger charge is -1.83. The largest absolute Gasteiger partial charge is 0.397 e. The molecule has 1 heterocycles. The third-order valence-electron chi connectivity index (χ3n) is 1.47. The van der Waals surface area contributed by atoms with Gasteiger partial charge in [0.05, 0.1) is 5.69 Å². The molecule has 0 unspecified atom stereocenters. The van der Waals surface area contributed by atoms with E-state index in [1.807, 2.05) is 13.8 Å². The van der Waals surface area contributed by atoms with Crippen molar-refractivity contribution in [2.24, 2.45) is 0 Å². The zero-order valence-corrected chi connectivity index (χ0v) is 8.16. The van der Waals surface area contributed by atoms with Crippen LogP contribution >= 0.6 is 0 Å². The number of ketones is 1. The molecule has 0 aromatic carbocycles. The van der Waals surface area contributed by atoms with Crippen LogP contribution in [0.25, 0.3) is 0 Å². The van der Waals surface area contributed by atoms with Crippen LogP contribution < -0.4 is 5.73 Å². The molecule has 1 aromatic rings. The van der Waals surface area contributed by atoms with Gasteiger partial charge in [-0.1, -0.05) is 13.8 Å². The summed E-state index contributed by atoms with van der Waals surface area (Å²) in [6.07, 6.45) is 4.68. The van der Waals surface area contributed by atoms with Crippen molar-refractivity contribution < 1.29 is 4.79 Å². The summed E-state index contributed by atoms with van der Waals surface area (Å²) in [7, 11) is 0. The van der Waals surface area contributed by atoms with Crippen molar-refractivity contribution in [1.29, 1.82) is 0 Å². The van der Waals surface area contributed by atoms with Crippen molar-refractivity contribution >= 4 is 11.5 Å². The first-order valence-electron chi connectivity index (χ1n) is 4.37. The molecular weight excluding hydrogens is 164 g/mol. The third-order valence-corrected chi connectivity index (χ3v) is 1.47. The topological polar surface area (TPSA) is 56.0 Å². The first kappa shape index (κ1) is 11.6. The monoisotopic (exact) mass is 180 g/mol. The molecular formula is C10H16N2O. The van der Waals surface area contributed by atoms with Gasteiger partial charge < -0.3 is 5.73 Å². The second-order valence-electron chi connectivity index (χ2n) is 2.53. The molecule has 2 N–H and O–H groups in total. The second-order valence-corrected chi connectivity index (χ2v) is 2.53. The van der Waals surface area contributed by atoms with E-state index < -0.39 is 0 Å². The molecule has 3 heteroatoms. The predicted molar refractivity (Wildman–Crippen MR) is 54.2 cm³/mol. The number of hydrogen-bond donors (Lipinski definition) is 1. The number of Topliss-reactive ketones (excluding diaryl/α,β-unsaturated/α-hetero) is 1. The number of pyridine rings is 1. The minimum Gasteiger partial charge on any atom is -0.397 e. The molecule has 13 heavy (non-hydrogen) atoms. The van der Waals surface area contributed by atoms with E-state index in [-0.39, 0.29) is 0 Å². The number of carbonyl (C=O) groups is 1. The molecule has 0 aliphatic carbocycles. The van der Waals surface area contributed by atoms with Crippen LogP contribution in [0.4, 0.5) is 5.69 Å². The standard InChI is InChI=1S/C5H6N2.C5H10O/c6-5-2-1-3-7-4-5;1-3-5(6)4-2/h1-4H,6H2;3-4H2,1-2H3. The predicted octanol–water partition coefficient (Wildman–Crippen LogP) is 2.04. The highest BCUT2D eigenvalue weighted by atomic mass is 16.1. The van der Waals surface area contributed by atoms with Gasteiger partial charge >= 0.3 is 0 Å². The van der Waals surface area contributed by atoms with Crippen molar-refractivity contribution in [2.45, 2.75) is 26.7 Å². The van der Waals surface area contributed by atoms with Crippen LogP contribution in [-0.4, -0.2) is 10.8 Å². The highest BCUT2D eigenvalue weighted by Crippen LogP contribution is 1.92. The van der Waals surface area contributed by atoms with Crippen LogP contribution in [0.5, 0.6) is 0 Å². The maximum atomic E-state index is 10.2. The Hall–Kier alpha value is -1.38.